The van der Waals surface area contributed by atoms with Crippen molar-refractivity contribution in [2.75, 3.05) is 34.7 Å². The van der Waals surface area contributed by atoms with Crippen LogP contribution in [0.3, 0.4) is 0 Å². The molecule has 0 aliphatic rings. The van der Waals surface area contributed by atoms with Crippen molar-refractivity contribution in [1.29, 1.82) is 0 Å². The van der Waals surface area contributed by atoms with Crippen molar-refractivity contribution in [2.45, 2.75) is 6.54 Å². The molecule has 1 aromatic carbocycles. The summed E-state index contributed by atoms with van der Waals surface area (Å²) in [5.74, 6) is 1.50. The van der Waals surface area contributed by atoms with E-state index in [0.717, 1.165) is 16.7 Å². The summed E-state index contributed by atoms with van der Waals surface area (Å²) in [6, 6.07) is 9.92. The number of rotatable bonds is 4. The summed E-state index contributed by atoms with van der Waals surface area (Å²) in [5.41, 5.74) is 0.872. The lowest BCUT2D eigenvalue weighted by Gasteiger charge is -2.21. The van der Waals surface area contributed by atoms with Gasteiger partial charge in [0.2, 0.25) is 5.91 Å². The van der Waals surface area contributed by atoms with Gasteiger partial charge in [-0.3, -0.25) is 9.79 Å². The number of fused-ring (bicyclic) bond motifs is 1. The van der Waals surface area contributed by atoms with Gasteiger partial charge in [0.05, 0.1) is 13.1 Å². The Kier molecular flexibility index (Phi) is 5.04. The smallest absolute Gasteiger partial charge is 0.241 e. The summed E-state index contributed by atoms with van der Waals surface area (Å²) in [4.78, 5) is 19.3. The van der Waals surface area contributed by atoms with Crippen molar-refractivity contribution in [3.63, 3.8) is 0 Å². The van der Waals surface area contributed by atoms with Crippen molar-refractivity contribution >= 4 is 22.8 Å². The molecule has 22 heavy (non-hydrogen) atoms. The van der Waals surface area contributed by atoms with Gasteiger partial charge in [0.1, 0.15) is 11.3 Å². The average molecular weight is 302 g/mol. The number of aliphatic imine (C=N–C) groups is 1. The Morgan fingerprint density at radius 1 is 1.27 bits per heavy atom. The van der Waals surface area contributed by atoms with E-state index in [1.807, 2.05) is 42.3 Å². The number of carbonyl (C=O) groups excluding carboxylic acids is 1. The number of carbonyl (C=O) groups is 1. The molecule has 0 aliphatic heterocycles. The highest BCUT2D eigenvalue weighted by molar-refractivity contribution is 5.86. The number of hydrogen-bond acceptors (Lipinski definition) is 3. The monoisotopic (exact) mass is 302 g/mol. The molecule has 1 N–H and O–H groups in total. The molecule has 0 saturated carbocycles. The van der Waals surface area contributed by atoms with E-state index in [1.54, 1.807) is 26.0 Å². The molecule has 0 radical (unpaired) electrons. The Hall–Kier alpha value is -2.50. The van der Waals surface area contributed by atoms with Gasteiger partial charge < -0.3 is 19.5 Å². The topological polar surface area (TPSA) is 61.1 Å². The Labute approximate surface area is 130 Å². The minimum absolute atomic E-state index is 0.00159. The van der Waals surface area contributed by atoms with E-state index in [2.05, 4.69) is 10.3 Å². The van der Waals surface area contributed by atoms with Crippen molar-refractivity contribution in [1.82, 2.24) is 15.1 Å². The van der Waals surface area contributed by atoms with Crippen LogP contribution in [-0.4, -0.2) is 56.4 Å². The second kappa shape index (κ2) is 6.98. The standard InChI is InChI=1S/C16H22N4O2/c1-17-16(18-10-15(21)19(2)3)20(4)11-13-9-12-7-5-6-8-14(12)22-13/h5-9H,10-11H2,1-4H3,(H,17,18). The highest BCUT2D eigenvalue weighted by Gasteiger charge is 2.12. The van der Waals surface area contributed by atoms with Crippen LogP contribution in [0.1, 0.15) is 5.76 Å². The number of amides is 1. The maximum atomic E-state index is 11.6. The number of benzene rings is 1. The molecular weight excluding hydrogens is 280 g/mol. The van der Waals surface area contributed by atoms with E-state index in [4.69, 9.17) is 4.42 Å². The van der Waals surface area contributed by atoms with Crippen LogP contribution in [0.5, 0.6) is 0 Å². The Morgan fingerprint density at radius 2 is 2.00 bits per heavy atom. The largest absolute Gasteiger partial charge is 0.459 e. The zero-order chi connectivity index (χ0) is 16.1. The second-order valence-electron chi connectivity index (χ2n) is 5.30. The van der Waals surface area contributed by atoms with Gasteiger partial charge in [0.15, 0.2) is 5.96 Å². The maximum absolute atomic E-state index is 11.6. The lowest BCUT2D eigenvalue weighted by atomic mass is 10.2. The van der Waals surface area contributed by atoms with Gasteiger partial charge in [-0.25, -0.2) is 0 Å². The molecule has 1 aromatic heterocycles. The first-order valence-electron chi connectivity index (χ1n) is 7.10. The van der Waals surface area contributed by atoms with E-state index in [-0.39, 0.29) is 12.5 Å². The molecule has 2 aromatic rings. The molecule has 0 atom stereocenters. The van der Waals surface area contributed by atoms with Crippen molar-refractivity contribution in [3.05, 3.63) is 36.1 Å². The molecule has 0 saturated heterocycles. The lowest BCUT2D eigenvalue weighted by molar-refractivity contribution is -0.127. The van der Waals surface area contributed by atoms with Gasteiger partial charge in [0, 0.05) is 33.6 Å². The van der Waals surface area contributed by atoms with Gasteiger partial charge in [0.25, 0.3) is 0 Å². The SMILES string of the molecule is CN=C(NCC(=O)N(C)C)N(C)Cc1cc2ccccc2o1. The van der Waals surface area contributed by atoms with Gasteiger partial charge in [-0.1, -0.05) is 18.2 Å². The summed E-state index contributed by atoms with van der Waals surface area (Å²) in [6.45, 7) is 0.786. The molecule has 118 valence electrons. The van der Waals surface area contributed by atoms with Crippen LogP contribution in [0.25, 0.3) is 11.0 Å². The summed E-state index contributed by atoms with van der Waals surface area (Å²) < 4.78 is 5.80. The molecule has 1 amide bonds. The first-order valence-corrected chi connectivity index (χ1v) is 7.10. The van der Waals surface area contributed by atoms with Crippen LogP contribution in [0.2, 0.25) is 0 Å². The number of para-hydroxylation sites is 1. The van der Waals surface area contributed by atoms with E-state index < -0.39 is 0 Å². The zero-order valence-electron chi connectivity index (χ0n) is 13.5. The van der Waals surface area contributed by atoms with E-state index >= 15 is 0 Å². The van der Waals surface area contributed by atoms with E-state index in [0.29, 0.717) is 12.5 Å². The number of likely N-dealkylation sites (N-methyl/N-ethyl adjacent to an activating group) is 1. The molecule has 0 unspecified atom stereocenters. The normalized spacial score (nSPS) is 11.5. The average Bonchev–Trinajstić information content (AvgIpc) is 2.89. The number of nitrogens with one attached hydrogen (secondary N) is 1. The highest BCUT2D eigenvalue weighted by atomic mass is 16.3. The van der Waals surface area contributed by atoms with Crippen LogP contribution >= 0.6 is 0 Å². The lowest BCUT2D eigenvalue weighted by Crippen LogP contribution is -2.43. The van der Waals surface area contributed by atoms with Gasteiger partial charge >= 0.3 is 0 Å². The predicted molar refractivity (Wildman–Crippen MR) is 87.7 cm³/mol. The van der Waals surface area contributed by atoms with Gasteiger partial charge in [-0.2, -0.15) is 0 Å². The third-order valence-corrected chi connectivity index (χ3v) is 3.34. The first kappa shape index (κ1) is 15.9. The minimum atomic E-state index is -0.00159. The Morgan fingerprint density at radius 3 is 2.64 bits per heavy atom. The highest BCUT2D eigenvalue weighted by Crippen LogP contribution is 2.19. The second-order valence-corrected chi connectivity index (χ2v) is 5.30. The molecular formula is C16H22N4O2. The van der Waals surface area contributed by atoms with E-state index in [9.17, 15) is 4.79 Å². The Balaban J connectivity index is 1.99. The zero-order valence-corrected chi connectivity index (χ0v) is 13.5. The molecule has 0 aliphatic carbocycles. The molecule has 2 rings (SSSR count). The van der Waals surface area contributed by atoms with Crippen LogP contribution in [-0.2, 0) is 11.3 Å². The third-order valence-electron chi connectivity index (χ3n) is 3.34. The van der Waals surface area contributed by atoms with Crippen LogP contribution < -0.4 is 5.32 Å². The summed E-state index contributed by atoms with van der Waals surface area (Å²) >= 11 is 0. The molecule has 0 spiro atoms. The van der Waals surface area contributed by atoms with Gasteiger partial charge in [-0.15, -0.1) is 0 Å². The minimum Gasteiger partial charge on any atom is -0.459 e. The molecule has 0 bridgehead atoms. The predicted octanol–water partition coefficient (Wildman–Crippen LogP) is 1.53. The van der Waals surface area contributed by atoms with Crippen molar-refractivity contribution in [2.24, 2.45) is 4.99 Å². The molecule has 6 heteroatoms. The number of guanidine groups is 1. The Bertz CT molecular complexity index is 643. The fraction of sp³-hybridized carbons (Fsp3) is 0.375. The molecule has 0 fully saturated rings. The van der Waals surface area contributed by atoms with Crippen LogP contribution in [0, 0.1) is 0 Å². The summed E-state index contributed by atoms with van der Waals surface area (Å²) in [5, 5.41) is 4.13. The van der Waals surface area contributed by atoms with E-state index in [1.165, 1.54) is 0 Å². The molecule has 6 nitrogen and oxygen atoms in total. The summed E-state index contributed by atoms with van der Waals surface area (Å²) in [6.07, 6.45) is 0. The summed E-state index contributed by atoms with van der Waals surface area (Å²) in [7, 11) is 7.05. The van der Waals surface area contributed by atoms with Gasteiger partial charge in [-0.05, 0) is 12.1 Å². The van der Waals surface area contributed by atoms with Crippen LogP contribution in [0.4, 0.5) is 0 Å². The maximum Gasteiger partial charge on any atom is 0.241 e. The number of hydrogen-bond donors (Lipinski definition) is 1. The van der Waals surface area contributed by atoms with Crippen molar-refractivity contribution in [3.8, 4) is 0 Å². The van der Waals surface area contributed by atoms with Crippen molar-refractivity contribution < 1.29 is 9.21 Å². The quantitative estimate of drug-likeness (QED) is 0.687. The fourth-order valence-corrected chi connectivity index (χ4v) is 2.12. The fourth-order valence-electron chi connectivity index (χ4n) is 2.12. The number of nitrogens with zero attached hydrogens (tertiary/aromatic N) is 3. The molecule has 1 heterocycles. The number of furan rings is 1. The first-order chi connectivity index (χ1) is 10.5. The van der Waals surface area contributed by atoms with Crippen LogP contribution in [0.15, 0.2) is 39.7 Å². The third kappa shape index (κ3) is 3.78.